The molecular weight excluding hydrogens is 398 g/mol. The van der Waals surface area contributed by atoms with Crippen LogP contribution in [-0.2, 0) is 18.3 Å². The van der Waals surface area contributed by atoms with Gasteiger partial charge < -0.3 is 19.9 Å². The average molecular weight is 420 g/mol. The molecule has 0 saturated heterocycles. The van der Waals surface area contributed by atoms with Gasteiger partial charge in [-0.1, -0.05) is 36.4 Å². The number of aryl methyl sites for hydroxylation is 1. The number of ether oxygens (including phenoxy) is 1. The molecule has 0 spiro atoms. The number of thiophene rings is 1. The van der Waals surface area contributed by atoms with Gasteiger partial charge in [-0.2, -0.15) is 0 Å². The van der Waals surface area contributed by atoms with Gasteiger partial charge >= 0.3 is 12.0 Å². The van der Waals surface area contributed by atoms with Crippen LogP contribution in [0.4, 0.5) is 10.5 Å². The Balaban J connectivity index is 1.60. The van der Waals surface area contributed by atoms with Gasteiger partial charge in [0.1, 0.15) is 0 Å². The summed E-state index contributed by atoms with van der Waals surface area (Å²) in [4.78, 5) is 25.7. The smallest absolute Gasteiger partial charge is 0.339 e. The number of rotatable bonds is 5. The van der Waals surface area contributed by atoms with Crippen LogP contribution >= 0.6 is 11.3 Å². The summed E-state index contributed by atoms with van der Waals surface area (Å²) in [6.45, 7) is 0.348. The molecular formula is C23H21N3O3S. The predicted octanol–water partition coefficient (Wildman–Crippen LogP) is 5.02. The standard InChI is InChI=1S/C23H21N3O3S/c1-26-19-11-6-4-8-15(19)17(21(26)20-12-7-13-30-20)14-24-23(28)25-18-10-5-3-9-16(18)22(27)29-2/h3-13H,14H2,1-2H3,(H2,24,25,28). The van der Waals surface area contributed by atoms with Crippen LogP contribution < -0.4 is 10.6 Å². The molecule has 2 aromatic carbocycles. The van der Waals surface area contributed by atoms with E-state index in [9.17, 15) is 9.59 Å². The van der Waals surface area contributed by atoms with Gasteiger partial charge in [0.15, 0.2) is 0 Å². The Morgan fingerprint density at radius 2 is 1.80 bits per heavy atom. The molecule has 0 atom stereocenters. The molecule has 0 unspecified atom stereocenters. The van der Waals surface area contributed by atoms with Gasteiger partial charge in [0.25, 0.3) is 0 Å². The van der Waals surface area contributed by atoms with Gasteiger partial charge in [-0.3, -0.25) is 0 Å². The molecule has 7 heteroatoms. The fourth-order valence-electron chi connectivity index (χ4n) is 3.59. The van der Waals surface area contributed by atoms with Crippen LogP contribution in [0.2, 0.25) is 0 Å². The fourth-order valence-corrected chi connectivity index (χ4v) is 4.43. The maximum Gasteiger partial charge on any atom is 0.339 e. The van der Waals surface area contributed by atoms with Crippen molar-refractivity contribution < 1.29 is 14.3 Å². The largest absolute Gasteiger partial charge is 0.465 e. The zero-order valence-corrected chi connectivity index (χ0v) is 17.5. The zero-order chi connectivity index (χ0) is 21.1. The fraction of sp³-hybridized carbons (Fsp3) is 0.130. The summed E-state index contributed by atoms with van der Waals surface area (Å²) in [6.07, 6.45) is 0. The van der Waals surface area contributed by atoms with E-state index in [0.717, 1.165) is 27.0 Å². The van der Waals surface area contributed by atoms with Crippen molar-refractivity contribution in [2.75, 3.05) is 12.4 Å². The van der Waals surface area contributed by atoms with Gasteiger partial charge in [0, 0.05) is 30.1 Å². The van der Waals surface area contributed by atoms with Crippen LogP contribution in [0.15, 0.2) is 66.0 Å². The van der Waals surface area contributed by atoms with Gasteiger partial charge in [0.2, 0.25) is 0 Å². The van der Waals surface area contributed by atoms with Gasteiger partial charge in [-0.15, -0.1) is 11.3 Å². The zero-order valence-electron chi connectivity index (χ0n) is 16.6. The van der Waals surface area contributed by atoms with E-state index in [1.165, 1.54) is 7.11 Å². The quantitative estimate of drug-likeness (QED) is 0.447. The Hall–Kier alpha value is -3.58. The maximum absolute atomic E-state index is 12.6. The Kier molecular flexibility index (Phi) is 5.54. The molecule has 2 amide bonds. The van der Waals surface area contributed by atoms with Crippen molar-refractivity contribution in [3.63, 3.8) is 0 Å². The number of fused-ring (bicyclic) bond motifs is 1. The van der Waals surface area contributed by atoms with E-state index in [1.807, 2.05) is 30.6 Å². The number of urea groups is 1. The van der Waals surface area contributed by atoms with Crippen LogP contribution in [0.5, 0.6) is 0 Å². The second kappa shape index (κ2) is 8.42. The number of methoxy groups -OCH3 is 1. The van der Waals surface area contributed by atoms with Crippen molar-refractivity contribution in [2.24, 2.45) is 7.05 Å². The van der Waals surface area contributed by atoms with Crippen LogP contribution in [0.3, 0.4) is 0 Å². The highest BCUT2D eigenvalue weighted by molar-refractivity contribution is 7.13. The van der Waals surface area contributed by atoms with Crippen LogP contribution in [0, 0.1) is 0 Å². The van der Waals surface area contributed by atoms with E-state index >= 15 is 0 Å². The lowest BCUT2D eigenvalue weighted by atomic mass is 10.1. The number of nitrogens with zero attached hydrogens (tertiary/aromatic N) is 1. The number of anilines is 1. The van der Waals surface area contributed by atoms with Crippen molar-refractivity contribution >= 4 is 39.9 Å². The van der Waals surface area contributed by atoms with Gasteiger partial charge in [-0.25, -0.2) is 9.59 Å². The minimum absolute atomic E-state index is 0.305. The minimum Gasteiger partial charge on any atom is -0.465 e. The first-order valence-electron chi connectivity index (χ1n) is 9.42. The Morgan fingerprint density at radius 3 is 2.57 bits per heavy atom. The molecule has 4 aromatic rings. The summed E-state index contributed by atoms with van der Waals surface area (Å²) >= 11 is 1.66. The van der Waals surface area contributed by atoms with E-state index in [4.69, 9.17) is 4.74 Å². The normalized spacial score (nSPS) is 10.7. The lowest BCUT2D eigenvalue weighted by Crippen LogP contribution is -2.29. The monoisotopic (exact) mass is 419 g/mol. The Labute approximate surface area is 178 Å². The third kappa shape index (κ3) is 3.67. The molecule has 2 N–H and O–H groups in total. The summed E-state index contributed by atoms with van der Waals surface area (Å²) in [6, 6.07) is 18.6. The summed E-state index contributed by atoms with van der Waals surface area (Å²) in [7, 11) is 3.35. The Morgan fingerprint density at radius 1 is 1.03 bits per heavy atom. The van der Waals surface area contributed by atoms with E-state index < -0.39 is 12.0 Å². The molecule has 0 bridgehead atoms. The van der Waals surface area contributed by atoms with Crippen LogP contribution in [-0.4, -0.2) is 23.7 Å². The lowest BCUT2D eigenvalue weighted by Gasteiger charge is -2.12. The van der Waals surface area contributed by atoms with Gasteiger partial charge in [0.05, 0.1) is 28.9 Å². The molecule has 0 fully saturated rings. The molecule has 0 aliphatic rings. The van der Waals surface area contributed by atoms with E-state index in [0.29, 0.717) is 17.8 Å². The van der Waals surface area contributed by atoms with Crippen molar-refractivity contribution in [1.82, 2.24) is 9.88 Å². The second-order valence-electron chi connectivity index (χ2n) is 6.73. The van der Waals surface area contributed by atoms with E-state index in [-0.39, 0.29) is 0 Å². The highest BCUT2D eigenvalue weighted by atomic mass is 32.1. The average Bonchev–Trinajstić information content (AvgIpc) is 3.39. The van der Waals surface area contributed by atoms with E-state index in [2.05, 4.69) is 33.4 Å². The lowest BCUT2D eigenvalue weighted by molar-refractivity contribution is 0.0602. The number of benzene rings is 2. The first-order chi connectivity index (χ1) is 14.6. The number of hydrogen-bond acceptors (Lipinski definition) is 4. The molecule has 0 aliphatic carbocycles. The topological polar surface area (TPSA) is 72.4 Å². The van der Waals surface area contributed by atoms with Crippen LogP contribution in [0.25, 0.3) is 21.5 Å². The summed E-state index contributed by atoms with van der Waals surface area (Å²) < 4.78 is 6.94. The molecule has 4 rings (SSSR count). The van der Waals surface area contributed by atoms with Crippen molar-refractivity contribution in [3.05, 3.63) is 77.2 Å². The Bertz CT molecular complexity index is 1210. The number of amides is 2. The molecule has 0 aliphatic heterocycles. The number of para-hydroxylation sites is 2. The maximum atomic E-state index is 12.6. The third-order valence-corrected chi connectivity index (χ3v) is 5.85. The number of nitrogens with one attached hydrogen (secondary N) is 2. The number of carbonyl (C=O) groups is 2. The minimum atomic E-state index is -0.500. The van der Waals surface area contributed by atoms with Crippen molar-refractivity contribution in [3.8, 4) is 10.6 Å². The first kappa shape index (κ1) is 19.7. The number of hydrogen-bond donors (Lipinski definition) is 2. The van der Waals surface area contributed by atoms with Crippen LogP contribution in [0.1, 0.15) is 15.9 Å². The summed E-state index contributed by atoms with van der Waals surface area (Å²) in [5.41, 5.74) is 3.94. The predicted molar refractivity (Wildman–Crippen MR) is 120 cm³/mol. The second-order valence-corrected chi connectivity index (χ2v) is 7.67. The molecule has 2 aromatic heterocycles. The summed E-state index contributed by atoms with van der Waals surface area (Å²) in [5.74, 6) is -0.500. The molecule has 6 nitrogen and oxygen atoms in total. The SMILES string of the molecule is COC(=O)c1ccccc1NC(=O)NCc1c(-c2cccs2)n(C)c2ccccc12. The molecule has 0 saturated carbocycles. The van der Waals surface area contributed by atoms with Crippen molar-refractivity contribution in [2.45, 2.75) is 6.54 Å². The molecule has 2 heterocycles. The molecule has 152 valence electrons. The molecule has 0 radical (unpaired) electrons. The molecule has 30 heavy (non-hydrogen) atoms. The number of aromatic nitrogens is 1. The third-order valence-electron chi connectivity index (χ3n) is 4.97. The summed E-state index contributed by atoms with van der Waals surface area (Å²) in [5, 5.41) is 8.82. The van der Waals surface area contributed by atoms with E-state index in [1.54, 1.807) is 35.6 Å². The first-order valence-corrected chi connectivity index (χ1v) is 10.3. The highest BCUT2D eigenvalue weighted by Gasteiger charge is 2.18. The number of esters is 1. The highest BCUT2D eigenvalue weighted by Crippen LogP contribution is 2.35. The number of carbonyl (C=O) groups excluding carboxylic acids is 2. The van der Waals surface area contributed by atoms with Gasteiger partial charge in [-0.05, 0) is 29.6 Å². The van der Waals surface area contributed by atoms with Crippen molar-refractivity contribution in [1.29, 1.82) is 0 Å².